The highest BCUT2D eigenvalue weighted by molar-refractivity contribution is 5.96. The molecule has 1 N–H and O–H groups in total. The maximum atomic E-state index is 14.3. The summed E-state index contributed by atoms with van der Waals surface area (Å²) in [6.45, 7) is 1.81. The van der Waals surface area contributed by atoms with Crippen LogP contribution in [0.15, 0.2) is 53.7 Å². The third-order valence-electron chi connectivity index (χ3n) is 6.68. The van der Waals surface area contributed by atoms with Crippen molar-refractivity contribution in [3.8, 4) is 17.3 Å². The number of halogens is 3. The van der Waals surface area contributed by atoms with Gasteiger partial charge in [0.05, 0.1) is 23.5 Å². The van der Waals surface area contributed by atoms with E-state index in [-0.39, 0.29) is 36.1 Å². The molecule has 0 spiro atoms. The van der Waals surface area contributed by atoms with Gasteiger partial charge in [0.2, 0.25) is 5.88 Å². The highest BCUT2D eigenvalue weighted by Crippen LogP contribution is 2.31. The van der Waals surface area contributed by atoms with Crippen molar-refractivity contribution in [1.29, 1.82) is 0 Å². The average molecular weight is 525 g/mol. The second-order valence-electron chi connectivity index (χ2n) is 9.20. The quantitative estimate of drug-likeness (QED) is 0.429. The first-order valence-electron chi connectivity index (χ1n) is 11.8. The number of hydrogen-bond donors (Lipinski definition) is 1. The molecule has 1 unspecified atom stereocenters. The van der Waals surface area contributed by atoms with Gasteiger partial charge in [0.15, 0.2) is 11.4 Å². The lowest BCUT2D eigenvalue weighted by atomic mass is 10.0. The predicted octanol–water partition coefficient (Wildman–Crippen LogP) is 3.40. The standard InChI is InChI=1S/C26H23F3N6O3/c1-14(16-8-18(27)10-19(28)9-16)35-23(17-11-31-33(2)12-17)32-24(36)21(26(35)38)25(37)34-7-5-15(13-34)22-20(29)4-3-6-30-22/h3-4,6,8-12,14-15,36H,5,7,13H2,1-2H3/t14-,15?/m0/s1. The molecule has 12 heteroatoms. The molecule has 1 fully saturated rings. The smallest absolute Gasteiger partial charge is 0.271 e. The number of carbonyl (C=O) groups is 1. The number of likely N-dealkylation sites (tertiary alicyclic amines) is 1. The molecule has 196 valence electrons. The van der Waals surface area contributed by atoms with Crippen molar-refractivity contribution < 1.29 is 23.1 Å². The maximum absolute atomic E-state index is 14.3. The number of amides is 1. The molecular weight excluding hydrogens is 501 g/mol. The molecule has 4 aromatic rings. The zero-order valence-electron chi connectivity index (χ0n) is 20.5. The van der Waals surface area contributed by atoms with Gasteiger partial charge in [0.25, 0.3) is 11.5 Å². The number of pyridine rings is 1. The Labute approximate surface area is 214 Å². The molecular formula is C26H23F3N6O3. The van der Waals surface area contributed by atoms with Crippen molar-refractivity contribution in [1.82, 2.24) is 29.2 Å². The number of benzene rings is 1. The zero-order valence-corrected chi connectivity index (χ0v) is 20.5. The molecule has 9 nitrogen and oxygen atoms in total. The fourth-order valence-corrected chi connectivity index (χ4v) is 4.80. The Hall–Kier alpha value is -4.48. The van der Waals surface area contributed by atoms with Gasteiger partial charge in [-0.3, -0.25) is 23.8 Å². The van der Waals surface area contributed by atoms with Crippen LogP contribution in [0, 0.1) is 17.5 Å². The van der Waals surface area contributed by atoms with Crippen molar-refractivity contribution in [3.63, 3.8) is 0 Å². The van der Waals surface area contributed by atoms with Gasteiger partial charge in [-0.15, -0.1) is 0 Å². The predicted molar refractivity (Wildman–Crippen MR) is 130 cm³/mol. The third-order valence-corrected chi connectivity index (χ3v) is 6.68. The van der Waals surface area contributed by atoms with Crippen LogP contribution in [0.2, 0.25) is 0 Å². The van der Waals surface area contributed by atoms with E-state index in [0.717, 1.165) is 16.7 Å². The van der Waals surface area contributed by atoms with Crippen molar-refractivity contribution >= 4 is 5.91 Å². The van der Waals surface area contributed by atoms with Gasteiger partial charge in [-0.25, -0.2) is 13.2 Å². The van der Waals surface area contributed by atoms with Crippen LogP contribution >= 0.6 is 0 Å². The first-order chi connectivity index (χ1) is 18.1. The van der Waals surface area contributed by atoms with E-state index in [2.05, 4.69) is 15.1 Å². The number of nitrogens with zero attached hydrogens (tertiary/aromatic N) is 6. The molecule has 3 aromatic heterocycles. The van der Waals surface area contributed by atoms with Crippen molar-refractivity contribution in [2.75, 3.05) is 13.1 Å². The Morgan fingerprint density at radius 1 is 1.18 bits per heavy atom. The minimum atomic E-state index is -0.975. The minimum Gasteiger partial charge on any atom is -0.493 e. The summed E-state index contributed by atoms with van der Waals surface area (Å²) in [5, 5.41) is 14.8. The highest BCUT2D eigenvalue weighted by atomic mass is 19.1. The molecule has 0 aliphatic carbocycles. The first-order valence-corrected chi connectivity index (χ1v) is 11.8. The van der Waals surface area contributed by atoms with Crippen LogP contribution in [-0.4, -0.2) is 53.3 Å². The average Bonchev–Trinajstić information content (AvgIpc) is 3.52. The van der Waals surface area contributed by atoms with Gasteiger partial charge in [-0.1, -0.05) is 0 Å². The van der Waals surface area contributed by atoms with Gasteiger partial charge < -0.3 is 10.0 Å². The van der Waals surface area contributed by atoms with Gasteiger partial charge in [-0.2, -0.15) is 10.1 Å². The fourth-order valence-electron chi connectivity index (χ4n) is 4.80. The summed E-state index contributed by atoms with van der Waals surface area (Å²) < 4.78 is 44.9. The van der Waals surface area contributed by atoms with Gasteiger partial charge in [-0.05, 0) is 43.2 Å². The van der Waals surface area contributed by atoms with Gasteiger partial charge in [0, 0.05) is 44.5 Å². The van der Waals surface area contributed by atoms with E-state index in [0.29, 0.717) is 18.1 Å². The van der Waals surface area contributed by atoms with E-state index in [9.17, 15) is 27.9 Å². The van der Waals surface area contributed by atoms with E-state index in [4.69, 9.17) is 0 Å². The number of aromatic nitrogens is 5. The van der Waals surface area contributed by atoms with Gasteiger partial charge >= 0.3 is 0 Å². The SMILES string of the molecule is C[C@@H](c1cc(F)cc(F)c1)n1c(-c2cnn(C)c2)nc(O)c(C(=O)N2CCC(c3ncccc3F)C2)c1=O. The number of aryl methyl sites for hydroxylation is 1. The molecule has 0 radical (unpaired) electrons. The second kappa shape index (κ2) is 9.77. The van der Waals surface area contributed by atoms with Crippen molar-refractivity contribution in [3.05, 3.63) is 93.5 Å². The Morgan fingerprint density at radius 2 is 1.92 bits per heavy atom. The molecule has 1 amide bonds. The van der Waals surface area contributed by atoms with Crippen LogP contribution in [-0.2, 0) is 7.05 Å². The molecule has 1 saturated heterocycles. The summed E-state index contributed by atoms with van der Waals surface area (Å²) in [6, 6.07) is 4.64. The van der Waals surface area contributed by atoms with Crippen LogP contribution in [0.5, 0.6) is 5.88 Å². The molecule has 1 aliphatic rings. The second-order valence-corrected chi connectivity index (χ2v) is 9.20. The molecule has 38 heavy (non-hydrogen) atoms. The number of aromatic hydroxyl groups is 1. The monoisotopic (exact) mass is 524 g/mol. The van der Waals surface area contributed by atoms with Crippen LogP contribution in [0.4, 0.5) is 13.2 Å². The lowest BCUT2D eigenvalue weighted by molar-refractivity contribution is 0.0783. The molecule has 0 bridgehead atoms. The third kappa shape index (κ3) is 4.53. The van der Waals surface area contributed by atoms with E-state index >= 15 is 0 Å². The molecule has 1 aromatic carbocycles. The molecule has 2 atom stereocenters. The minimum absolute atomic E-state index is 0.0378. The first kappa shape index (κ1) is 25.2. The summed E-state index contributed by atoms with van der Waals surface area (Å²) in [6.07, 6.45) is 4.83. The molecule has 0 saturated carbocycles. The highest BCUT2D eigenvalue weighted by Gasteiger charge is 2.35. The van der Waals surface area contributed by atoms with Crippen LogP contribution in [0.1, 0.15) is 46.9 Å². The lowest BCUT2D eigenvalue weighted by Crippen LogP contribution is -2.37. The Balaban J connectivity index is 1.59. The fraction of sp³-hybridized carbons (Fsp3) is 0.269. The Kier molecular flexibility index (Phi) is 6.47. The maximum Gasteiger partial charge on any atom is 0.271 e. The summed E-state index contributed by atoms with van der Waals surface area (Å²) in [7, 11) is 1.64. The molecule has 5 rings (SSSR count). The van der Waals surface area contributed by atoms with Crippen molar-refractivity contribution in [2.24, 2.45) is 7.05 Å². The number of carbonyl (C=O) groups excluding carboxylic acids is 1. The zero-order chi connectivity index (χ0) is 27.1. The summed E-state index contributed by atoms with van der Waals surface area (Å²) in [5.74, 6) is -4.17. The molecule has 1 aliphatic heterocycles. The van der Waals surface area contributed by atoms with Crippen LogP contribution in [0.25, 0.3) is 11.4 Å². The number of rotatable bonds is 5. The number of hydrogen-bond acceptors (Lipinski definition) is 6. The topological polar surface area (TPSA) is 106 Å². The Bertz CT molecular complexity index is 1580. The van der Waals surface area contributed by atoms with E-state index in [1.807, 2.05) is 0 Å². The van der Waals surface area contributed by atoms with Crippen LogP contribution in [0.3, 0.4) is 0 Å². The van der Waals surface area contributed by atoms with Crippen LogP contribution < -0.4 is 5.56 Å². The summed E-state index contributed by atoms with van der Waals surface area (Å²) >= 11 is 0. The summed E-state index contributed by atoms with van der Waals surface area (Å²) in [4.78, 5) is 36.9. The summed E-state index contributed by atoms with van der Waals surface area (Å²) in [5.41, 5.74) is -0.812. The lowest BCUT2D eigenvalue weighted by Gasteiger charge is -2.22. The van der Waals surface area contributed by atoms with Crippen molar-refractivity contribution in [2.45, 2.75) is 25.3 Å². The van der Waals surface area contributed by atoms with E-state index in [1.54, 1.807) is 13.2 Å². The normalized spacial score (nSPS) is 16.1. The van der Waals surface area contributed by atoms with Gasteiger partial charge in [0.1, 0.15) is 17.5 Å². The largest absolute Gasteiger partial charge is 0.493 e. The Morgan fingerprint density at radius 3 is 2.58 bits per heavy atom. The molecule has 4 heterocycles. The van der Waals surface area contributed by atoms with E-state index < -0.39 is 46.4 Å². The van der Waals surface area contributed by atoms with E-state index in [1.165, 1.54) is 41.0 Å².